The number of ether oxygens (including phenoxy) is 1. The lowest BCUT2D eigenvalue weighted by molar-refractivity contribution is 0.149. The zero-order valence-electron chi connectivity index (χ0n) is 10.1. The molecule has 0 radical (unpaired) electrons. The molecule has 0 amide bonds. The van der Waals surface area contributed by atoms with Crippen molar-refractivity contribution in [1.29, 1.82) is 0 Å². The van der Waals surface area contributed by atoms with E-state index in [0.717, 1.165) is 18.4 Å². The lowest BCUT2D eigenvalue weighted by atomic mass is 9.80. The Hall–Kier alpha value is -1.07. The van der Waals surface area contributed by atoms with Crippen molar-refractivity contribution in [1.82, 2.24) is 4.98 Å². The summed E-state index contributed by atoms with van der Waals surface area (Å²) in [6.07, 6.45) is 7.51. The van der Waals surface area contributed by atoms with Gasteiger partial charge in [-0.3, -0.25) is 0 Å². The predicted octanol–water partition coefficient (Wildman–Crippen LogP) is 0.781. The fourth-order valence-electron chi connectivity index (χ4n) is 2.20. The van der Waals surface area contributed by atoms with Gasteiger partial charge in [0.25, 0.3) is 0 Å². The van der Waals surface area contributed by atoms with E-state index in [0.29, 0.717) is 11.3 Å². The summed E-state index contributed by atoms with van der Waals surface area (Å²) in [6, 6.07) is 1.70. The van der Waals surface area contributed by atoms with Crippen LogP contribution >= 0.6 is 0 Å². The highest BCUT2D eigenvalue weighted by atomic mass is 16.5. The maximum Gasteiger partial charge on any atom is 0.494 e. The van der Waals surface area contributed by atoms with Gasteiger partial charge >= 0.3 is 7.12 Å². The van der Waals surface area contributed by atoms with Crippen LogP contribution in [-0.4, -0.2) is 28.3 Å². The van der Waals surface area contributed by atoms with Crippen molar-refractivity contribution < 1.29 is 14.8 Å². The van der Waals surface area contributed by atoms with Crippen LogP contribution in [0.25, 0.3) is 0 Å². The summed E-state index contributed by atoms with van der Waals surface area (Å²) in [5.41, 5.74) is 1.25. The van der Waals surface area contributed by atoms with Crippen molar-refractivity contribution in [3.8, 4) is 5.88 Å². The quantitative estimate of drug-likeness (QED) is 0.760. The molecule has 0 unspecified atom stereocenters. The molecular weight excluding hydrogens is 217 g/mol. The van der Waals surface area contributed by atoms with Crippen LogP contribution in [0.5, 0.6) is 5.88 Å². The van der Waals surface area contributed by atoms with E-state index in [1.807, 2.05) is 6.92 Å². The number of aryl methyl sites for hydroxylation is 1. The summed E-state index contributed by atoms with van der Waals surface area (Å²) < 4.78 is 5.77. The van der Waals surface area contributed by atoms with E-state index in [9.17, 15) is 10.0 Å². The lowest BCUT2D eigenvalue weighted by Crippen LogP contribution is -2.34. The van der Waals surface area contributed by atoms with Crippen LogP contribution in [0, 0.1) is 6.92 Å². The SMILES string of the molecule is Cc1cnc(OC2CCCCC2)c(B(O)O)c1. The van der Waals surface area contributed by atoms with Crippen LogP contribution < -0.4 is 10.2 Å². The van der Waals surface area contributed by atoms with Crippen molar-refractivity contribution >= 4 is 12.6 Å². The molecule has 1 aliphatic rings. The van der Waals surface area contributed by atoms with Crippen LogP contribution in [0.1, 0.15) is 37.7 Å². The van der Waals surface area contributed by atoms with Crippen molar-refractivity contribution in [2.45, 2.75) is 45.1 Å². The van der Waals surface area contributed by atoms with Crippen LogP contribution in [0.4, 0.5) is 0 Å². The Morgan fingerprint density at radius 2 is 2.00 bits per heavy atom. The predicted molar refractivity (Wildman–Crippen MR) is 66.3 cm³/mol. The van der Waals surface area contributed by atoms with Crippen molar-refractivity contribution in [2.75, 3.05) is 0 Å². The van der Waals surface area contributed by atoms with Gasteiger partial charge in [0.2, 0.25) is 5.88 Å². The van der Waals surface area contributed by atoms with Gasteiger partial charge in [0, 0.05) is 11.7 Å². The zero-order valence-corrected chi connectivity index (χ0v) is 10.1. The standard InChI is InChI=1S/C12H18BNO3/c1-9-7-11(13(15)16)12(14-8-9)17-10-5-3-2-4-6-10/h7-8,10,15-16H,2-6H2,1H3. The number of hydrogen-bond acceptors (Lipinski definition) is 4. The lowest BCUT2D eigenvalue weighted by Gasteiger charge is -2.23. The Balaban J connectivity index is 2.13. The average molecular weight is 235 g/mol. The largest absolute Gasteiger partial charge is 0.494 e. The molecule has 2 N–H and O–H groups in total. The molecule has 1 aromatic rings. The van der Waals surface area contributed by atoms with Gasteiger partial charge in [-0.05, 0) is 38.2 Å². The van der Waals surface area contributed by atoms with Crippen LogP contribution in [0.2, 0.25) is 0 Å². The van der Waals surface area contributed by atoms with Crippen LogP contribution in [0.15, 0.2) is 12.3 Å². The zero-order chi connectivity index (χ0) is 12.3. The highest BCUT2D eigenvalue weighted by Gasteiger charge is 2.22. The second-order valence-corrected chi connectivity index (χ2v) is 4.66. The molecule has 1 saturated carbocycles. The second-order valence-electron chi connectivity index (χ2n) is 4.66. The summed E-state index contributed by atoms with van der Waals surface area (Å²) in [5, 5.41) is 18.6. The molecule has 1 fully saturated rings. The smallest absolute Gasteiger partial charge is 0.475 e. The molecule has 4 nitrogen and oxygen atoms in total. The van der Waals surface area contributed by atoms with Crippen LogP contribution in [-0.2, 0) is 0 Å². The molecule has 0 bridgehead atoms. The molecule has 0 atom stereocenters. The average Bonchev–Trinajstić information content (AvgIpc) is 2.32. The normalized spacial score (nSPS) is 16.9. The topological polar surface area (TPSA) is 62.6 Å². The summed E-state index contributed by atoms with van der Waals surface area (Å²) in [5.74, 6) is 0.359. The molecule has 2 rings (SSSR count). The van der Waals surface area contributed by atoms with Gasteiger partial charge in [-0.1, -0.05) is 12.5 Å². The summed E-state index contributed by atoms with van der Waals surface area (Å²) in [4.78, 5) is 4.15. The minimum absolute atomic E-state index is 0.163. The maximum atomic E-state index is 9.29. The van der Waals surface area contributed by atoms with E-state index in [1.54, 1.807) is 12.3 Å². The molecule has 0 saturated heterocycles. The molecule has 5 heteroatoms. The Kier molecular flexibility index (Phi) is 4.02. The van der Waals surface area contributed by atoms with E-state index in [1.165, 1.54) is 19.3 Å². The summed E-state index contributed by atoms with van der Waals surface area (Å²) >= 11 is 0. The summed E-state index contributed by atoms with van der Waals surface area (Å²) in [7, 11) is -1.53. The molecule has 0 spiro atoms. The molecule has 1 aliphatic carbocycles. The molecule has 0 aliphatic heterocycles. The van der Waals surface area contributed by atoms with Gasteiger partial charge in [-0.25, -0.2) is 4.98 Å². The second kappa shape index (κ2) is 5.51. The molecular formula is C12H18BNO3. The van der Waals surface area contributed by atoms with Gasteiger partial charge in [0.05, 0.1) is 0 Å². The summed E-state index contributed by atoms with van der Waals surface area (Å²) in [6.45, 7) is 1.86. The fourth-order valence-corrected chi connectivity index (χ4v) is 2.20. The highest BCUT2D eigenvalue weighted by molar-refractivity contribution is 6.59. The molecule has 1 aromatic heterocycles. The first-order valence-corrected chi connectivity index (χ1v) is 6.16. The first kappa shape index (κ1) is 12.4. The first-order chi connectivity index (χ1) is 8.16. The molecule has 1 heterocycles. The third-order valence-electron chi connectivity index (χ3n) is 3.12. The van der Waals surface area contributed by atoms with E-state index in [2.05, 4.69) is 4.98 Å². The van der Waals surface area contributed by atoms with Crippen molar-refractivity contribution in [2.24, 2.45) is 0 Å². The van der Waals surface area contributed by atoms with E-state index < -0.39 is 7.12 Å². The Morgan fingerprint density at radius 1 is 1.29 bits per heavy atom. The maximum absolute atomic E-state index is 9.29. The number of rotatable bonds is 3. The van der Waals surface area contributed by atoms with Gasteiger partial charge < -0.3 is 14.8 Å². The molecule has 92 valence electrons. The Labute approximate surface area is 102 Å². The Morgan fingerprint density at radius 3 is 2.65 bits per heavy atom. The van der Waals surface area contributed by atoms with Gasteiger partial charge in [-0.15, -0.1) is 0 Å². The van der Waals surface area contributed by atoms with Crippen molar-refractivity contribution in [3.05, 3.63) is 17.8 Å². The minimum atomic E-state index is -1.53. The minimum Gasteiger partial charge on any atom is -0.475 e. The Bertz CT molecular complexity index is 378. The van der Waals surface area contributed by atoms with Gasteiger partial charge in [-0.2, -0.15) is 0 Å². The van der Waals surface area contributed by atoms with Crippen LogP contribution in [0.3, 0.4) is 0 Å². The van der Waals surface area contributed by atoms with E-state index in [-0.39, 0.29) is 6.10 Å². The van der Waals surface area contributed by atoms with Gasteiger partial charge in [0.15, 0.2) is 0 Å². The van der Waals surface area contributed by atoms with Crippen molar-refractivity contribution in [3.63, 3.8) is 0 Å². The fraction of sp³-hybridized carbons (Fsp3) is 0.583. The third kappa shape index (κ3) is 3.20. The van der Waals surface area contributed by atoms with Gasteiger partial charge in [0.1, 0.15) is 6.10 Å². The first-order valence-electron chi connectivity index (χ1n) is 6.16. The molecule has 17 heavy (non-hydrogen) atoms. The third-order valence-corrected chi connectivity index (χ3v) is 3.12. The number of aromatic nitrogens is 1. The molecule has 0 aromatic carbocycles. The van der Waals surface area contributed by atoms with E-state index >= 15 is 0 Å². The number of nitrogens with zero attached hydrogens (tertiary/aromatic N) is 1. The number of pyridine rings is 1. The van der Waals surface area contributed by atoms with E-state index in [4.69, 9.17) is 4.74 Å². The monoisotopic (exact) mass is 235 g/mol. The highest BCUT2D eigenvalue weighted by Crippen LogP contribution is 2.21. The number of hydrogen-bond donors (Lipinski definition) is 2.